The zero-order valence-corrected chi connectivity index (χ0v) is 15.8. The molecule has 0 saturated heterocycles. The quantitative estimate of drug-likeness (QED) is 0.719. The van der Waals surface area contributed by atoms with Crippen molar-refractivity contribution in [3.8, 4) is 5.75 Å². The molecule has 5 rings (SSSR count). The van der Waals surface area contributed by atoms with E-state index >= 15 is 0 Å². The summed E-state index contributed by atoms with van der Waals surface area (Å²) in [4.78, 5) is 17.7. The Labute approximate surface area is 155 Å². The number of benzene rings is 1. The van der Waals surface area contributed by atoms with Crippen molar-refractivity contribution in [3.63, 3.8) is 0 Å². The van der Waals surface area contributed by atoms with Gasteiger partial charge in [-0.05, 0) is 82.3 Å². The molecule has 0 unspecified atom stereocenters. The van der Waals surface area contributed by atoms with Crippen molar-refractivity contribution in [3.05, 3.63) is 23.8 Å². The monoisotopic (exact) mass is 358 g/mol. The Hall–Kier alpha value is -1.75. The third-order valence-corrected chi connectivity index (χ3v) is 6.29. The predicted molar refractivity (Wildman–Crippen MR) is 101 cm³/mol. The summed E-state index contributed by atoms with van der Waals surface area (Å²) in [5.41, 5.74) is 4.16. The van der Waals surface area contributed by atoms with Gasteiger partial charge < -0.3 is 10.1 Å². The Morgan fingerprint density at radius 1 is 1.08 bits per heavy atom. The lowest BCUT2D eigenvalue weighted by molar-refractivity contribution is 0.0106. The Morgan fingerprint density at radius 2 is 1.73 bits per heavy atom. The van der Waals surface area contributed by atoms with E-state index in [1.54, 1.807) is 0 Å². The summed E-state index contributed by atoms with van der Waals surface area (Å²) < 4.78 is 5.68. The first-order chi connectivity index (χ1) is 12.6. The first-order valence-electron chi connectivity index (χ1n) is 10.1. The fraction of sp³-hybridized carbons (Fsp3) is 0.667. The highest BCUT2D eigenvalue weighted by Crippen LogP contribution is 2.56. The van der Waals surface area contributed by atoms with Gasteiger partial charge in [-0.3, -0.25) is 9.63 Å². The number of nitrogens with one attached hydrogen (secondary N) is 2. The summed E-state index contributed by atoms with van der Waals surface area (Å²) in [5.74, 6) is 3.15. The molecule has 0 aromatic heterocycles. The molecule has 5 heteroatoms. The summed E-state index contributed by atoms with van der Waals surface area (Å²) in [6, 6.07) is 5.67. The van der Waals surface area contributed by atoms with Gasteiger partial charge in [0, 0.05) is 11.6 Å². The summed E-state index contributed by atoms with van der Waals surface area (Å²) in [7, 11) is 0. The molecule has 4 bridgehead atoms. The SMILES string of the molecule is CCONC(=O)c1ccc(OCC)cc1NC12CC3CC(CC(C3)C1)C2. The largest absolute Gasteiger partial charge is 0.494 e. The highest BCUT2D eigenvalue weighted by molar-refractivity contribution is 5.99. The Morgan fingerprint density at radius 3 is 2.31 bits per heavy atom. The van der Waals surface area contributed by atoms with Crippen molar-refractivity contribution in [2.24, 2.45) is 17.8 Å². The number of rotatable bonds is 7. The van der Waals surface area contributed by atoms with E-state index in [-0.39, 0.29) is 11.4 Å². The fourth-order valence-electron chi connectivity index (χ4n) is 5.82. The van der Waals surface area contributed by atoms with Gasteiger partial charge in [-0.2, -0.15) is 0 Å². The lowest BCUT2D eigenvalue weighted by atomic mass is 9.53. The predicted octanol–water partition coefficient (Wildman–Crippen LogP) is 4.15. The van der Waals surface area contributed by atoms with Gasteiger partial charge in [-0.15, -0.1) is 0 Å². The number of hydrogen-bond acceptors (Lipinski definition) is 4. The molecule has 1 amide bonds. The zero-order valence-electron chi connectivity index (χ0n) is 15.8. The van der Waals surface area contributed by atoms with E-state index in [1.165, 1.54) is 38.5 Å². The molecule has 4 aliphatic rings. The number of ether oxygens (including phenoxy) is 1. The van der Waals surface area contributed by atoms with Crippen LogP contribution < -0.4 is 15.5 Å². The standard InChI is InChI=1S/C21H30N2O3/c1-3-25-17-5-6-18(20(24)23-26-4-2)19(10-17)22-21-11-14-7-15(12-21)9-16(8-14)13-21/h5-6,10,14-16,22H,3-4,7-9,11-13H2,1-2H3,(H,23,24). The topological polar surface area (TPSA) is 59.6 Å². The van der Waals surface area contributed by atoms with E-state index in [4.69, 9.17) is 9.57 Å². The van der Waals surface area contributed by atoms with Crippen LogP contribution in [0.1, 0.15) is 62.7 Å². The number of carbonyl (C=O) groups excluding carboxylic acids is 1. The van der Waals surface area contributed by atoms with Crippen LogP contribution in [-0.4, -0.2) is 24.7 Å². The van der Waals surface area contributed by atoms with Crippen LogP contribution in [0.3, 0.4) is 0 Å². The molecule has 1 aromatic rings. The van der Waals surface area contributed by atoms with Crippen molar-refractivity contribution >= 4 is 11.6 Å². The van der Waals surface area contributed by atoms with Gasteiger partial charge in [0.1, 0.15) is 5.75 Å². The van der Waals surface area contributed by atoms with Gasteiger partial charge >= 0.3 is 0 Å². The second-order valence-electron chi connectivity index (χ2n) is 8.33. The molecule has 142 valence electrons. The molecule has 4 saturated carbocycles. The molecule has 2 N–H and O–H groups in total. The summed E-state index contributed by atoms with van der Waals surface area (Å²) in [6.45, 7) is 4.89. The summed E-state index contributed by atoms with van der Waals surface area (Å²) >= 11 is 0. The molecule has 0 radical (unpaired) electrons. The smallest absolute Gasteiger partial charge is 0.276 e. The number of hydrogen-bond donors (Lipinski definition) is 2. The molecule has 5 nitrogen and oxygen atoms in total. The van der Waals surface area contributed by atoms with Gasteiger partial charge in [0.05, 0.1) is 24.5 Å². The molecule has 0 aliphatic heterocycles. The second-order valence-corrected chi connectivity index (χ2v) is 8.33. The Balaban J connectivity index is 1.61. The van der Waals surface area contributed by atoms with Crippen molar-refractivity contribution in [1.29, 1.82) is 0 Å². The van der Waals surface area contributed by atoms with Crippen LogP contribution in [0, 0.1) is 17.8 Å². The van der Waals surface area contributed by atoms with E-state index in [1.807, 2.05) is 32.0 Å². The van der Waals surface area contributed by atoms with Crippen molar-refractivity contribution in [1.82, 2.24) is 5.48 Å². The van der Waals surface area contributed by atoms with Crippen LogP contribution in [0.15, 0.2) is 18.2 Å². The van der Waals surface area contributed by atoms with Crippen LogP contribution in [0.25, 0.3) is 0 Å². The maximum atomic E-state index is 12.6. The minimum absolute atomic E-state index is 0.139. The van der Waals surface area contributed by atoms with Gasteiger partial charge in [0.25, 0.3) is 5.91 Å². The lowest BCUT2D eigenvalue weighted by Gasteiger charge is -2.57. The molecule has 0 atom stereocenters. The van der Waals surface area contributed by atoms with E-state index < -0.39 is 0 Å². The lowest BCUT2D eigenvalue weighted by Crippen LogP contribution is -2.55. The number of hydroxylamine groups is 1. The van der Waals surface area contributed by atoms with Gasteiger partial charge in [0.2, 0.25) is 0 Å². The van der Waals surface area contributed by atoms with E-state index in [0.29, 0.717) is 18.8 Å². The third kappa shape index (κ3) is 3.41. The average molecular weight is 358 g/mol. The maximum absolute atomic E-state index is 12.6. The van der Waals surface area contributed by atoms with Gasteiger partial charge in [-0.25, -0.2) is 5.48 Å². The number of carbonyl (C=O) groups is 1. The first kappa shape index (κ1) is 17.7. The van der Waals surface area contributed by atoms with Crippen molar-refractivity contribution in [2.75, 3.05) is 18.5 Å². The average Bonchev–Trinajstić information content (AvgIpc) is 2.58. The molecule has 4 fully saturated rings. The van der Waals surface area contributed by atoms with Crippen LogP contribution >= 0.6 is 0 Å². The van der Waals surface area contributed by atoms with Crippen molar-refractivity contribution < 1.29 is 14.4 Å². The number of amides is 1. The van der Waals surface area contributed by atoms with Crippen LogP contribution in [0.5, 0.6) is 5.75 Å². The fourth-order valence-corrected chi connectivity index (χ4v) is 5.82. The minimum Gasteiger partial charge on any atom is -0.494 e. The van der Waals surface area contributed by atoms with Crippen LogP contribution in [0.2, 0.25) is 0 Å². The van der Waals surface area contributed by atoms with Crippen molar-refractivity contribution in [2.45, 2.75) is 57.9 Å². The zero-order chi connectivity index (χ0) is 18.1. The summed E-state index contributed by atoms with van der Waals surface area (Å²) in [6.07, 6.45) is 7.88. The van der Waals surface area contributed by atoms with E-state index in [0.717, 1.165) is 29.2 Å². The molecular formula is C21H30N2O3. The minimum atomic E-state index is -0.206. The number of anilines is 1. The van der Waals surface area contributed by atoms with Gasteiger partial charge in [0.15, 0.2) is 0 Å². The summed E-state index contributed by atoms with van der Waals surface area (Å²) in [5, 5.41) is 3.81. The third-order valence-electron chi connectivity index (χ3n) is 6.29. The van der Waals surface area contributed by atoms with Crippen LogP contribution in [-0.2, 0) is 4.84 Å². The second kappa shape index (κ2) is 7.10. The van der Waals surface area contributed by atoms with Gasteiger partial charge in [-0.1, -0.05) is 0 Å². The van der Waals surface area contributed by atoms with E-state index in [9.17, 15) is 4.79 Å². The molecule has 4 aliphatic carbocycles. The molecule has 0 spiro atoms. The normalized spacial score (nSPS) is 31.7. The highest BCUT2D eigenvalue weighted by atomic mass is 16.6. The molecule has 26 heavy (non-hydrogen) atoms. The molecule has 0 heterocycles. The van der Waals surface area contributed by atoms with Crippen LogP contribution in [0.4, 0.5) is 5.69 Å². The Bertz CT molecular complexity index is 638. The maximum Gasteiger partial charge on any atom is 0.276 e. The first-order valence-corrected chi connectivity index (χ1v) is 10.1. The molecular weight excluding hydrogens is 328 g/mol. The highest BCUT2D eigenvalue weighted by Gasteiger charge is 2.51. The molecule has 1 aromatic carbocycles. The van der Waals surface area contributed by atoms with E-state index in [2.05, 4.69) is 10.8 Å². The Kier molecular flexibility index (Phi) is 4.82.